The Morgan fingerprint density at radius 1 is 1.50 bits per heavy atom. The smallest absolute Gasteiger partial charge is 0.167 e. The maximum absolute atomic E-state index is 9.79. The highest BCUT2D eigenvalue weighted by atomic mass is 16.5. The van der Waals surface area contributed by atoms with Crippen LogP contribution in [0, 0.1) is 0 Å². The van der Waals surface area contributed by atoms with Crippen molar-refractivity contribution in [1.82, 2.24) is 5.16 Å². The number of aliphatic hydroxyl groups excluding tert-OH is 1. The molecular weight excluding hydrogens is 180 g/mol. The van der Waals surface area contributed by atoms with Gasteiger partial charge < -0.3 is 15.4 Å². The number of rotatable bonds is 3. The van der Waals surface area contributed by atoms with Crippen molar-refractivity contribution in [1.29, 1.82) is 0 Å². The third-order valence-corrected chi connectivity index (χ3v) is 2.23. The van der Waals surface area contributed by atoms with Crippen LogP contribution in [0.15, 0.2) is 28.9 Å². The molecule has 0 bridgehead atoms. The molecule has 1 heterocycles. The molecule has 14 heavy (non-hydrogen) atoms. The van der Waals surface area contributed by atoms with Gasteiger partial charge in [-0.05, 0) is 24.6 Å². The normalized spacial score (nSPS) is 13.3. The average molecular weight is 192 g/mol. The van der Waals surface area contributed by atoms with E-state index in [1.807, 2.05) is 18.2 Å². The molecule has 1 aromatic carbocycles. The van der Waals surface area contributed by atoms with Gasteiger partial charge in [-0.3, -0.25) is 0 Å². The van der Waals surface area contributed by atoms with E-state index in [1.165, 1.54) is 0 Å². The predicted octanol–water partition coefficient (Wildman–Crippen LogP) is 1.21. The highest BCUT2D eigenvalue weighted by Crippen LogP contribution is 2.25. The van der Waals surface area contributed by atoms with Crippen molar-refractivity contribution in [3.63, 3.8) is 0 Å². The molecule has 0 saturated carbocycles. The summed E-state index contributed by atoms with van der Waals surface area (Å²) in [6, 6.07) is 5.52. The SMILES string of the molecule is NCCC(O)c1cccc2oncc12. The minimum absolute atomic E-state index is 0.461. The lowest BCUT2D eigenvalue weighted by atomic mass is 10.0. The van der Waals surface area contributed by atoms with Gasteiger partial charge in [-0.2, -0.15) is 0 Å². The number of nitrogens with zero attached hydrogens (tertiary/aromatic N) is 1. The number of fused-ring (bicyclic) bond motifs is 1. The van der Waals surface area contributed by atoms with Gasteiger partial charge in [-0.15, -0.1) is 0 Å². The van der Waals surface area contributed by atoms with Crippen molar-refractivity contribution in [3.05, 3.63) is 30.0 Å². The first-order valence-electron chi connectivity index (χ1n) is 4.54. The molecule has 3 N–H and O–H groups in total. The fourth-order valence-electron chi connectivity index (χ4n) is 1.52. The summed E-state index contributed by atoms with van der Waals surface area (Å²) in [6.45, 7) is 0.461. The fourth-order valence-corrected chi connectivity index (χ4v) is 1.52. The van der Waals surface area contributed by atoms with Gasteiger partial charge in [-0.1, -0.05) is 17.3 Å². The number of aromatic nitrogens is 1. The molecule has 1 unspecified atom stereocenters. The van der Waals surface area contributed by atoms with E-state index in [-0.39, 0.29) is 0 Å². The summed E-state index contributed by atoms with van der Waals surface area (Å²) in [6.07, 6.45) is 1.62. The number of hydrogen-bond donors (Lipinski definition) is 2. The molecule has 1 aromatic heterocycles. The molecule has 0 aliphatic rings. The molecule has 4 heteroatoms. The standard InChI is InChI=1S/C10H12N2O2/c11-5-4-9(13)7-2-1-3-10-8(7)6-12-14-10/h1-3,6,9,13H,4-5,11H2. The average Bonchev–Trinajstić information content (AvgIpc) is 2.65. The van der Waals surface area contributed by atoms with Gasteiger partial charge in [-0.25, -0.2) is 0 Å². The minimum Gasteiger partial charge on any atom is -0.388 e. The van der Waals surface area contributed by atoms with Crippen LogP contribution in [0.3, 0.4) is 0 Å². The van der Waals surface area contributed by atoms with Gasteiger partial charge in [0.05, 0.1) is 12.3 Å². The van der Waals surface area contributed by atoms with E-state index >= 15 is 0 Å². The summed E-state index contributed by atoms with van der Waals surface area (Å²) in [7, 11) is 0. The van der Waals surface area contributed by atoms with E-state index in [9.17, 15) is 5.11 Å². The molecule has 74 valence electrons. The van der Waals surface area contributed by atoms with Crippen LogP contribution in [-0.4, -0.2) is 16.8 Å². The number of nitrogens with two attached hydrogens (primary N) is 1. The third kappa shape index (κ3) is 1.49. The predicted molar refractivity (Wildman–Crippen MR) is 52.6 cm³/mol. The maximum atomic E-state index is 9.79. The molecule has 0 saturated heterocycles. The third-order valence-electron chi connectivity index (χ3n) is 2.23. The van der Waals surface area contributed by atoms with Gasteiger partial charge in [0.15, 0.2) is 5.58 Å². The van der Waals surface area contributed by atoms with Gasteiger partial charge >= 0.3 is 0 Å². The van der Waals surface area contributed by atoms with Crippen LogP contribution < -0.4 is 5.73 Å². The van der Waals surface area contributed by atoms with Crippen LogP contribution in [0.4, 0.5) is 0 Å². The van der Waals surface area contributed by atoms with Crippen molar-refractivity contribution in [3.8, 4) is 0 Å². The molecule has 0 spiro atoms. The molecule has 1 atom stereocenters. The van der Waals surface area contributed by atoms with Gasteiger partial charge in [0, 0.05) is 5.39 Å². The number of aliphatic hydroxyl groups is 1. The molecule has 0 fully saturated rings. The Morgan fingerprint density at radius 3 is 3.14 bits per heavy atom. The van der Waals surface area contributed by atoms with E-state index in [1.54, 1.807) is 6.20 Å². The molecule has 0 aliphatic carbocycles. The molecule has 0 amide bonds. The molecule has 2 rings (SSSR count). The zero-order valence-corrected chi connectivity index (χ0v) is 7.68. The first kappa shape index (κ1) is 9.18. The second kappa shape index (κ2) is 3.77. The van der Waals surface area contributed by atoms with Crippen LogP contribution in [-0.2, 0) is 0 Å². The fraction of sp³-hybridized carbons (Fsp3) is 0.300. The zero-order chi connectivity index (χ0) is 9.97. The van der Waals surface area contributed by atoms with E-state index in [0.717, 1.165) is 10.9 Å². The second-order valence-electron chi connectivity index (χ2n) is 3.18. The van der Waals surface area contributed by atoms with Crippen molar-refractivity contribution in [2.24, 2.45) is 5.73 Å². The Labute approximate surface area is 81.3 Å². The highest BCUT2D eigenvalue weighted by molar-refractivity contribution is 5.80. The van der Waals surface area contributed by atoms with Crippen molar-refractivity contribution >= 4 is 11.0 Å². The quantitative estimate of drug-likeness (QED) is 0.766. The van der Waals surface area contributed by atoms with Crippen LogP contribution in [0.5, 0.6) is 0 Å². The van der Waals surface area contributed by atoms with E-state index in [4.69, 9.17) is 10.3 Å². The zero-order valence-electron chi connectivity index (χ0n) is 7.68. The van der Waals surface area contributed by atoms with E-state index < -0.39 is 6.10 Å². The van der Waals surface area contributed by atoms with Crippen LogP contribution in [0.2, 0.25) is 0 Å². The molecule has 0 radical (unpaired) electrons. The summed E-state index contributed by atoms with van der Waals surface area (Å²) >= 11 is 0. The number of hydrogen-bond acceptors (Lipinski definition) is 4. The van der Waals surface area contributed by atoms with Crippen LogP contribution in [0.1, 0.15) is 18.1 Å². The monoisotopic (exact) mass is 192 g/mol. The van der Waals surface area contributed by atoms with Gasteiger partial charge in [0.2, 0.25) is 0 Å². The number of benzene rings is 1. The minimum atomic E-state index is -0.539. The first-order chi connectivity index (χ1) is 6.83. The summed E-state index contributed by atoms with van der Waals surface area (Å²) in [4.78, 5) is 0. The summed E-state index contributed by atoms with van der Waals surface area (Å²) < 4.78 is 4.99. The van der Waals surface area contributed by atoms with E-state index in [2.05, 4.69) is 5.16 Å². The van der Waals surface area contributed by atoms with Crippen molar-refractivity contribution in [2.45, 2.75) is 12.5 Å². The van der Waals surface area contributed by atoms with Crippen LogP contribution >= 0.6 is 0 Å². The molecular formula is C10H12N2O2. The Balaban J connectivity index is 2.45. The maximum Gasteiger partial charge on any atom is 0.167 e. The summed E-state index contributed by atoms with van der Waals surface area (Å²) in [5.41, 5.74) is 6.91. The largest absolute Gasteiger partial charge is 0.388 e. The van der Waals surface area contributed by atoms with E-state index in [0.29, 0.717) is 18.5 Å². The lowest BCUT2D eigenvalue weighted by molar-refractivity contribution is 0.172. The van der Waals surface area contributed by atoms with Gasteiger partial charge in [0.1, 0.15) is 0 Å². The van der Waals surface area contributed by atoms with Crippen molar-refractivity contribution in [2.75, 3.05) is 6.54 Å². The van der Waals surface area contributed by atoms with Gasteiger partial charge in [0.25, 0.3) is 0 Å². The first-order valence-corrected chi connectivity index (χ1v) is 4.54. The Hall–Kier alpha value is -1.39. The van der Waals surface area contributed by atoms with Crippen LogP contribution in [0.25, 0.3) is 11.0 Å². The molecule has 4 nitrogen and oxygen atoms in total. The molecule has 2 aromatic rings. The Morgan fingerprint density at radius 2 is 2.36 bits per heavy atom. The summed E-state index contributed by atoms with van der Waals surface area (Å²) in [5, 5.41) is 14.3. The lowest BCUT2D eigenvalue weighted by Gasteiger charge is -2.09. The Kier molecular flexibility index (Phi) is 2.47. The summed E-state index contributed by atoms with van der Waals surface area (Å²) in [5.74, 6) is 0. The van der Waals surface area contributed by atoms with Crippen molar-refractivity contribution < 1.29 is 9.63 Å². The topological polar surface area (TPSA) is 72.3 Å². The Bertz CT molecular complexity index is 425. The second-order valence-corrected chi connectivity index (χ2v) is 3.18. The highest BCUT2D eigenvalue weighted by Gasteiger charge is 2.11. The lowest BCUT2D eigenvalue weighted by Crippen LogP contribution is -2.06. The molecule has 0 aliphatic heterocycles.